The number of ether oxygens (including phenoxy) is 1. The Balaban J connectivity index is 2.27. The fourth-order valence-corrected chi connectivity index (χ4v) is 1.43. The number of hydrogen-bond donors (Lipinski definition) is 1. The number of rotatable bonds is 2. The fraction of sp³-hybridized carbons (Fsp3) is 1.00. The Labute approximate surface area is 70.5 Å². The summed E-state index contributed by atoms with van der Waals surface area (Å²) >= 11 is 0. The second-order valence-corrected chi connectivity index (χ2v) is 3.29. The topological polar surface area (TPSA) is 29.5 Å². The average molecular weight is 180 g/mol. The number of hydrogen-bond acceptors (Lipinski definition) is 2. The highest BCUT2D eigenvalue weighted by molar-refractivity contribution is 4.77. The van der Waals surface area contributed by atoms with E-state index in [1.165, 1.54) is 6.92 Å². The minimum Gasteiger partial charge on any atom is -0.368 e. The molecule has 1 aliphatic carbocycles. The summed E-state index contributed by atoms with van der Waals surface area (Å²) in [6.07, 6.45) is -0.587. The SMILES string of the molecule is CC(O)OC1CCC(F)(F)CC1. The zero-order valence-electron chi connectivity index (χ0n) is 7.09. The molecule has 0 aromatic heterocycles. The van der Waals surface area contributed by atoms with E-state index in [1.54, 1.807) is 0 Å². The van der Waals surface area contributed by atoms with Gasteiger partial charge in [0.25, 0.3) is 0 Å². The summed E-state index contributed by atoms with van der Waals surface area (Å²) in [4.78, 5) is 0. The van der Waals surface area contributed by atoms with E-state index >= 15 is 0 Å². The Morgan fingerprint density at radius 1 is 1.42 bits per heavy atom. The Hall–Kier alpha value is -0.220. The molecule has 0 heterocycles. The number of alkyl halides is 2. The molecule has 1 N–H and O–H groups in total. The third-order valence-corrected chi connectivity index (χ3v) is 2.05. The molecular weight excluding hydrogens is 166 g/mol. The second-order valence-electron chi connectivity index (χ2n) is 3.29. The fourth-order valence-electron chi connectivity index (χ4n) is 1.43. The molecule has 1 fully saturated rings. The molecule has 1 atom stereocenters. The van der Waals surface area contributed by atoms with E-state index in [0.29, 0.717) is 12.8 Å². The molecule has 72 valence electrons. The molecule has 0 aromatic carbocycles. The molecule has 2 nitrogen and oxygen atoms in total. The Kier molecular flexibility index (Phi) is 3.01. The molecule has 1 rings (SSSR count). The van der Waals surface area contributed by atoms with Gasteiger partial charge in [0, 0.05) is 12.8 Å². The van der Waals surface area contributed by atoms with Crippen molar-refractivity contribution in [2.24, 2.45) is 0 Å². The van der Waals surface area contributed by atoms with Crippen LogP contribution in [0, 0.1) is 0 Å². The first-order chi connectivity index (χ1) is 5.49. The maximum absolute atomic E-state index is 12.6. The molecule has 0 amide bonds. The van der Waals surface area contributed by atoms with Gasteiger partial charge in [0.1, 0.15) is 0 Å². The summed E-state index contributed by atoms with van der Waals surface area (Å²) in [5.41, 5.74) is 0. The Bertz CT molecular complexity index is 138. The van der Waals surface area contributed by atoms with Crippen molar-refractivity contribution in [3.05, 3.63) is 0 Å². The van der Waals surface area contributed by atoms with Crippen LogP contribution in [0.5, 0.6) is 0 Å². The summed E-state index contributed by atoms with van der Waals surface area (Å²) in [5.74, 6) is -2.52. The van der Waals surface area contributed by atoms with Crippen LogP contribution >= 0.6 is 0 Å². The van der Waals surface area contributed by atoms with Crippen LogP contribution in [0.4, 0.5) is 8.78 Å². The molecule has 1 aliphatic rings. The lowest BCUT2D eigenvalue weighted by molar-refractivity contribution is -0.155. The maximum Gasteiger partial charge on any atom is 0.248 e. The lowest BCUT2D eigenvalue weighted by Crippen LogP contribution is -2.31. The van der Waals surface area contributed by atoms with Gasteiger partial charge in [-0.15, -0.1) is 0 Å². The predicted octanol–water partition coefficient (Wildman–Crippen LogP) is 1.92. The first-order valence-corrected chi connectivity index (χ1v) is 4.21. The van der Waals surface area contributed by atoms with E-state index < -0.39 is 12.2 Å². The summed E-state index contributed by atoms with van der Waals surface area (Å²) in [6.45, 7) is 1.49. The average Bonchev–Trinajstić information content (AvgIpc) is 1.93. The van der Waals surface area contributed by atoms with Gasteiger partial charge in [-0.05, 0) is 19.8 Å². The van der Waals surface area contributed by atoms with Crippen molar-refractivity contribution < 1.29 is 18.6 Å². The Morgan fingerprint density at radius 3 is 2.33 bits per heavy atom. The van der Waals surface area contributed by atoms with Gasteiger partial charge in [0.15, 0.2) is 6.29 Å². The molecule has 0 bridgehead atoms. The first kappa shape index (κ1) is 9.86. The van der Waals surface area contributed by atoms with E-state index in [4.69, 9.17) is 9.84 Å². The van der Waals surface area contributed by atoms with Crippen LogP contribution in [0.25, 0.3) is 0 Å². The monoisotopic (exact) mass is 180 g/mol. The quantitative estimate of drug-likeness (QED) is 0.658. The first-order valence-electron chi connectivity index (χ1n) is 4.21. The van der Waals surface area contributed by atoms with Gasteiger partial charge in [-0.1, -0.05) is 0 Å². The lowest BCUT2D eigenvalue weighted by atomic mass is 9.94. The zero-order valence-corrected chi connectivity index (χ0v) is 7.09. The minimum absolute atomic E-state index is 0.121. The maximum atomic E-state index is 12.6. The normalized spacial score (nSPS) is 27.0. The molecule has 0 aromatic rings. The molecule has 1 unspecified atom stereocenters. The highest BCUT2D eigenvalue weighted by Gasteiger charge is 2.35. The van der Waals surface area contributed by atoms with Crippen molar-refractivity contribution in [3.8, 4) is 0 Å². The molecular formula is C8H14F2O2. The van der Waals surface area contributed by atoms with Gasteiger partial charge in [-0.25, -0.2) is 8.78 Å². The summed E-state index contributed by atoms with van der Waals surface area (Å²) < 4.78 is 30.2. The standard InChI is InChI=1S/C8H14F2O2/c1-6(11)12-7-2-4-8(9,10)5-3-7/h6-7,11H,2-5H2,1H3. The molecule has 0 aliphatic heterocycles. The predicted molar refractivity (Wildman–Crippen MR) is 40.0 cm³/mol. The largest absolute Gasteiger partial charge is 0.368 e. The second kappa shape index (κ2) is 3.66. The van der Waals surface area contributed by atoms with Gasteiger partial charge in [0.05, 0.1) is 6.10 Å². The summed E-state index contributed by atoms with van der Waals surface area (Å²) in [7, 11) is 0. The van der Waals surface area contributed by atoms with Crippen LogP contribution in [0.15, 0.2) is 0 Å². The van der Waals surface area contributed by atoms with Gasteiger partial charge in [-0.3, -0.25) is 0 Å². The van der Waals surface area contributed by atoms with Crippen molar-refractivity contribution in [3.63, 3.8) is 0 Å². The highest BCUT2D eigenvalue weighted by atomic mass is 19.3. The van der Waals surface area contributed by atoms with Gasteiger partial charge in [0.2, 0.25) is 5.92 Å². The van der Waals surface area contributed by atoms with Gasteiger partial charge >= 0.3 is 0 Å². The smallest absolute Gasteiger partial charge is 0.248 e. The van der Waals surface area contributed by atoms with Gasteiger partial charge in [-0.2, -0.15) is 0 Å². The van der Waals surface area contributed by atoms with Crippen molar-refractivity contribution in [1.29, 1.82) is 0 Å². The Morgan fingerprint density at radius 2 is 1.92 bits per heavy atom. The van der Waals surface area contributed by atoms with Crippen LogP contribution < -0.4 is 0 Å². The van der Waals surface area contributed by atoms with Crippen LogP contribution in [-0.4, -0.2) is 23.4 Å². The molecule has 0 spiro atoms. The molecule has 1 saturated carbocycles. The van der Waals surface area contributed by atoms with Crippen molar-refractivity contribution in [1.82, 2.24) is 0 Å². The number of halogens is 2. The summed E-state index contributed by atoms with van der Waals surface area (Å²) in [6, 6.07) is 0. The van der Waals surface area contributed by atoms with Crippen molar-refractivity contribution in [2.45, 2.75) is 50.9 Å². The summed E-state index contributed by atoms with van der Waals surface area (Å²) in [5, 5.41) is 8.82. The number of aliphatic hydroxyl groups excluding tert-OH is 1. The molecule has 0 radical (unpaired) electrons. The molecule has 4 heteroatoms. The van der Waals surface area contributed by atoms with E-state index in [9.17, 15) is 8.78 Å². The van der Waals surface area contributed by atoms with Crippen LogP contribution in [0.1, 0.15) is 32.6 Å². The van der Waals surface area contributed by atoms with Gasteiger partial charge < -0.3 is 9.84 Å². The van der Waals surface area contributed by atoms with E-state index in [1.807, 2.05) is 0 Å². The van der Waals surface area contributed by atoms with Crippen LogP contribution in [-0.2, 0) is 4.74 Å². The van der Waals surface area contributed by atoms with E-state index in [0.717, 1.165) is 0 Å². The van der Waals surface area contributed by atoms with E-state index in [-0.39, 0.29) is 18.9 Å². The van der Waals surface area contributed by atoms with Crippen molar-refractivity contribution >= 4 is 0 Å². The van der Waals surface area contributed by atoms with Crippen molar-refractivity contribution in [2.75, 3.05) is 0 Å². The third kappa shape index (κ3) is 3.03. The lowest BCUT2D eigenvalue weighted by Gasteiger charge is -2.28. The zero-order chi connectivity index (χ0) is 9.19. The third-order valence-electron chi connectivity index (χ3n) is 2.05. The van der Waals surface area contributed by atoms with Crippen LogP contribution in [0.3, 0.4) is 0 Å². The number of aliphatic hydroxyl groups is 1. The van der Waals surface area contributed by atoms with E-state index in [2.05, 4.69) is 0 Å². The van der Waals surface area contributed by atoms with Crippen LogP contribution in [0.2, 0.25) is 0 Å². The molecule has 12 heavy (non-hydrogen) atoms. The minimum atomic E-state index is -2.52. The molecule has 0 saturated heterocycles. The highest BCUT2D eigenvalue weighted by Crippen LogP contribution is 2.34.